The van der Waals surface area contributed by atoms with Gasteiger partial charge in [-0.05, 0) is 57.1 Å². The Kier molecular flexibility index (Phi) is 3.49. The number of anilines is 1. The Hall–Kier alpha value is -1.62. The topological polar surface area (TPSA) is 44.4 Å². The van der Waals surface area contributed by atoms with E-state index in [4.69, 9.17) is 12.2 Å². The molecule has 19 heavy (non-hydrogen) atoms. The van der Waals surface area contributed by atoms with Crippen LogP contribution in [0.15, 0.2) is 18.2 Å². The van der Waals surface area contributed by atoms with E-state index in [0.717, 1.165) is 16.8 Å². The Balaban J connectivity index is 2.14. The second-order valence-electron chi connectivity index (χ2n) is 5.58. The van der Waals surface area contributed by atoms with Crippen LogP contribution >= 0.6 is 12.2 Å². The van der Waals surface area contributed by atoms with E-state index < -0.39 is 0 Å². The fourth-order valence-electron chi connectivity index (χ4n) is 2.10. The van der Waals surface area contributed by atoms with Crippen molar-refractivity contribution >= 4 is 29.0 Å². The second-order valence-corrected chi connectivity index (χ2v) is 5.96. The molecule has 0 saturated carbocycles. The average Bonchev–Trinajstić information content (AvgIpc) is 2.59. The Morgan fingerprint density at radius 3 is 2.68 bits per heavy atom. The van der Waals surface area contributed by atoms with Gasteiger partial charge in [0.25, 0.3) is 0 Å². The highest BCUT2D eigenvalue weighted by atomic mass is 32.1. The minimum Gasteiger partial charge on any atom is -0.355 e. The highest BCUT2D eigenvalue weighted by molar-refractivity contribution is 7.80. The summed E-state index contributed by atoms with van der Waals surface area (Å²) in [6.45, 7) is 8.63. The lowest BCUT2D eigenvalue weighted by Crippen LogP contribution is -2.37. The molecular weight excluding hydrogens is 258 g/mol. The molecule has 1 heterocycles. The van der Waals surface area contributed by atoms with Crippen molar-refractivity contribution in [3.05, 3.63) is 29.3 Å². The summed E-state index contributed by atoms with van der Waals surface area (Å²) in [5.74, 6) is 0. The molecule has 1 aliphatic heterocycles. The molecule has 102 valence electrons. The van der Waals surface area contributed by atoms with Crippen LogP contribution in [0.4, 0.5) is 10.5 Å². The zero-order valence-corrected chi connectivity index (χ0v) is 12.5. The van der Waals surface area contributed by atoms with E-state index >= 15 is 0 Å². The Bertz CT molecular complexity index is 539. The predicted octanol–water partition coefficient (Wildman–Crippen LogP) is 2.80. The first-order chi connectivity index (χ1) is 8.80. The van der Waals surface area contributed by atoms with Crippen molar-refractivity contribution in [2.24, 2.45) is 0 Å². The zero-order valence-electron chi connectivity index (χ0n) is 11.7. The number of urea groups is 1. The van der Waals surface area contributed by atoms with Crippen molar-refractivity contribution < 1.29 is 4.79 Å². The van der Waals surface area contributed by atoms with Gasteiger partial charge in [-0.25, -0.2) is 4.79 Å². The Morgan fingerprint density at radius 1 is 1.42 bits per heavy atom. The van der Waals surface area contributed by atoms with Gasteiger partial charge in [-0.1, -0.05) is 12.1 Å². The lowest BCUT2D eigenvalue weighted by molar-refractivity contribution is 0.233. The first-order valence-electron chi connectivity index (χ1n) is 6.27. The highest BCUT2D eigenvalue weighted by Gasteiger charge is 2.35. The molecule has 0 radical (unpaired) electrons. The summed E-state index contributed by atoms with van der Waals surface area (Å²) in [6, 6.07) is 5.67. The number of carbonyl (C=O) groups is 1. The maximum Gasteiger partial charge on any atom is 0.328 e. The molecule has 2 rings (SSSR count). The molecule has 1 saturated heterocycles. The number of carbonyl (C=O) groups excluding carboxylic acids is 1. The number of rotatable bonds is 1. The van der Waals surface area contributed by atoms with Crippen molar-refractivity contribution in [1.29, 1.82) is 0 Å². The molecule has 2 N–H and O–H groups in total. The number of thiocarbonyl (C=S) groups is 1. The van der Waals surface area contributed by atoms with Crippen LogP contribution in [0.1, 0.15) is 25.0 Å². The monoisotopic (exact) mass is 277 g/mol. The molecular formula is C14H19N3OS. The van der Waals surface area contributed by atoms with E-state index in [1.54, 1.807) is 4.90 Å². The molecule has 0 bridgehead atoms. The number of aryl methyl sites for hydroxylation is 1. The molecule has 0 spiro atoms. The molecule has 5 heteroatoms. The van der Waals surface area contributed by atoms with Crippen LogP contribution in [-0.2, 0) is 0 Å². The Morgan fingerprint density at radius 2 is 2.11 bits per heavy atom. The van der Waals surface area contributed by atoms with Crippen LogP contribution in [0.2, 0.25) is 0 Å². The van der Waals surface area contributed by atoms with Gasteiger partial charge in [-0.15, -0.1) is 0 Å². The van der Waals surface area contributed by atoms with E-state index in [1.807, 2.05) is 45.9 Å². The number of benzene rings is 1. The smallest absolute Gasteiger partial charge is 0.328 e. The van der Waals surface area contributed by atoms with Gasteiger partial charge in [0.15, 0.2) is 5.11 Å². The lowest BCUT2D eigenvalue weighted by Gasteiger charge is -2.19. The minimum atomic E-state index is -0.184. The van der Waals surface area contributed by atoms with Gasteiger partial charge >= 0.3 is 6.03 Å². The van der Waals surface area contributed by atoms with Gasteiger partial charge in [0.1, 0.15) is 0 Å². The largest absolute Gasteiger partial charge is 0.355 e. The minimum absolute atomic E-state index is 0.171. The molecule has 0 atom stereocenters. The molecule has 1 aliphatic rings. The fraction of sp³-hybridized carbons (Fsp3) is 0.429. The van der Waals surface area contributed by atoms with Crippen LogP contribution in [0.5, 0.6) is 0 Å². The van der Waals surface area contributed by atoms with Gasteiger partial charge in [0.2, 0.25) is 0 Å². The summed E-state index contributed by atoms with van der Waals surface area (Å²) in [6.07, 6.45) is 0. The Labute approximate surface area is 119 Å². The molecule has 0 unspecified atom stereocenters. The zero-order chi connectivity index (χ0) is 14.2. The van der Waals surface area contributed by atoms with Crippen LogP contribution < -0.4 is 10.6 Å². The molecule has 0 aromatic heterocycles. The van der Waals surface area contributed by atoms with E-state index in [-0.39, 0.29) is 11.6 Å². The van der Waals surface area contributed by atoms with Crippen molar-refractivity contribution in [3.63, 3.8) is 0 Å². The molecule has 0 aliphatic carbocycles. The number of amides is 2. The summed E-state index contributed by atoms with van der Waals surface area (Å²) in [7, 11) is 0. The van der Waals surface area contributed by atoms with Crippen molar-refractivity contribution in [2.75, 3.05) is 11.9 Å². The summed E-state index contributed by atoms with van der Waals surface area (Å²) < 4.78 is 0. The molecule has 2 amide bonds. The summed E-state index contributed by atoms with van der Waals surface area (Å²) in [4.78, 5) is 13.8. The van der Waals surface area contributed by atoms with E-state index in [1.165, 1.54) is 0 Å². The van der Waals surface area contributed by atoms with Crippen molar-refractivity contribution in [3.8, 4) is 0 Å². The highest BCUT2D eigenvalue weighted by Crippen LogP contribution is 2.20. The third-order valence-electron chi connectivity index (χ3n) is 3.34. The normalized spacial score (nSPS) is 17.3. The molecule has 1 fully saturated rings. The standard InChI is InChI=1S/C14H19N3OS/c1-9-6-5-7-11(10(9)2)15-12(18)17-8-14(3,4)16-13(17)19/h5-7H,8H2,1-4H3,(H,15,18)(H,16,19). The first-order valence-corrected chi connectivity index (χ1v) is 6.68. The van der Waals surface area contributed by atoms with Gasteiger partial charge in [0, 0.05) is 5.69 Å². The fourth-order valence-corrected chi connectivity index (χ4v) is 2.52. The summed E-state index contributed by atoms with van der Waals surface area (Å²) in [5, 5.41) is 6.53. The third kappa shape index (κ3) is 2.87. The van der Waals surface area contributed by atoms with Crippen molar-refractivity contribution in [1.82, 2.24) is 10.2 Å². The van der Waals surface area contributed by atoms with Gasteiger partial charge < -0.3 is 10.6 Å². The van der Waals surface area contributed by atoms with Crippen LogP contribution in [0.25, 0.3) is 0 Å². The van der Waals surface area contributed by atoms with Gasteiger partial charge in [-0.3, -0.25) is 4.90 Å². The quantitative estimate of drug-likeness (QED) is 0.776. The number of hydrogen-bond acceptors (Lipinski definition) is 2. The van der Waals surface area contributed by atoms with Crippen molar-refractivity contribution in [2.45, 2.75) is 33.2 Å². The third-order valence-corrected chi connectivity index (χ3v) is 3.66. The van der Waals surface area contributed by atoms with E-state index in [0.29, 0.717) is 11.7 Å². The maximum absolute atomic E-state index is 12.3. The molecule has 1 aromatic rings. The molecule has 4 nitrogen and oxygen atoms in total. The first kappa shape index (κ1) is 13.8. The predicted molar refractivity (Wildman–Crippen MR) is 81.5 cm³/mol. The van der Waals surface area contributed by atoms with Crippen LogP contribution in [0.3, 0.4) is 0 Å². The van der Waals surface area contributed by atoms with Gasteiger partial charge in [0.05, 0.1) is 12.1 Å². The second kappa shape index (κ2) is 4.81. The number of nitrogens with zero attached hydrogens (tertiary/aromatic N) is 1. The summed E-state index contributed by atoms with van der Waals surface area (Å²) in [5.41, 5.74) is 2.89. The maximum atomic E-state index is 12.3. The van der Waals surface area contributed by atoms with Crippen LogP contribution in [0, 0.1) is 13.8 Å². The van der Waals surface area contributed by atoms with Crippen LogP contribution in [-0.4, -0.2) is 28.1 Å². The number of nitrogens with one attached hydrogen (secondary N) is 2. The van der Waals surface area contributed by atoms with E-state index in [2.05, 4.69) is 10.6 Å². The average molecular weight is 277 g/mol. The van der Waals surface area contributed by atoms with Gasteiger partial charge in [-0.2, -0.15) is 0 Å². The lowest BCUT2D eigenvalue weighted by atomic mass is 10.1. The molecule has 1 aromatic carbocycles. The number of hydrogen-bond donors (Lipinski definition) is 2. The summed E-state index contributed by atoms with van der Waals surface area (Å²) >= 11 is 5.19. The SMILES string of the molecule is Cc1cccc(NC(=O)N2CC(C)(C)NC2=S)c1C. The van der Waals surface area contributed by atoms with E-state index in [9.17, 15) is 4.79 Å².